The predicted octanol–water partition coefficient (Wildman–Crippen LogP) is 5.55. The number of aromatic nitrogens is 1. The van der Waals surface area contributed by atoms with Gasteiger partial charge in [0.25, 0.3) is 5.91 Å². The monoisotopic (exact) mass is 350 g/mol. The number of hydrogen-bond donors (Lipinski definition) is 1. The van der Waals surface area contributed by atoms with E-state index in [0.717, 1.165) is 28.6 Å². The third-order valence-corrected chi connectivity index (χ3v) is 5.84. The Hall–Kier alpha value is -2.20. The minimum Gasteiger partial charge on any atom is -0.298 e. The molecule has 1 N–H and O–H groups in total. The van der Waals surface area contributed by atoms with Gasteiger partial charge in [0.1, 0.15) is 0 Å². The molecule has 0 unspecified atom stereocenters. The molecule has 3 aromatic rings. The first-order chi connectivity index (χ1) is 12.1. The van der Waals surface area contributed by atoms with Crippen molar-refractivity contribution in [3.8, 4) is 0 Å². The molecule has 4 heteroatoms. The van der Waals surface area contributed by atoms with Gasteiger partial charge in [0, 0.05) is 5.56 Å². The van der Waals surface area contributed by atoms with E-state index in [0.29, 0.717) is 11.0 Å². The molecule has 1 aromatic heterocycles. The van der Waals surface area contributed by atoms with Crippen molar-refractivity contribution in [2.75, 3.05) is 5.32 Å². The zero-order valence-corrected chi connectivity index (χ0v) is 15.5. The molecule has 1 aliphatic rings. The van der Waals surface area contributed by atoms with Gasteiger partial charge < -0.3 is 0 Å². The van der Waals surface area contributed by atoms with Crippen molar-refractivity contribution in [3.05, 3.63) is 58.7 Å². The number of benzene rings is 2. The van der Waals surface area contributed by atoms with E-state index in [1.165, 1.54) is 40.9 Å². The standard InChI is InChI=1S/C21H22N2OS/c1-13(2)15-9-10-18-19(12-15)25-21(22-18)23-20(24)17-8-7-14-5-3-4-6-16(14)11-17/h7-13H,3-6H2,1-2H3,(H,22,23,24). The number of fused-ring (bicyclic) bond motifs is 2. The largest absolute Gasteiger partial charge is 0.298 e. The maximum atomic E-state index is 12.6. The Balaban J connectivity index is 1.57. The molecule has 0 fully saturated rings. The van der Waals surface area contributed by atoms with Crippen molar-refractivity contribution in [1.29, 1.82) is 0 Å². The second-order valence-corrected chi connectivity index (χ2v) is 8.08. The summed E-state index contributed by atoms with van der Waals surface area (Å²) in [4.78, 5) is 17.2. The Morgan fingerprint density at radius 3 is 2.68 bits per heavy atom. The van der Waals surface area contributed by atoms with Crippen molar-refractivity contribution >= 4 is 32.6 Å². The van der Waals surface area contributed by atoms with Gasteiger partial charge in [-0.1, -0.05) is 37.3 Å². The van der Waals surface area contributed by atoms with Gasteiger partial charge in [0.15, 0.2) is 5.13 Å². The first kappa shape index (κ1) is 16.3. The van der Waals surface area contributed by atoms with Crippen LogP contribution < -0.4 is 5.32 Å². The van der Waals surface area contributed by atoms with Crippen LogP contribution in [-0.2, 0) is 12.8 Å². The highest BCUT2D eigenvalue weighted by Gasteiger charge is 2.14. The fraction of sp³-hybridized carbons (Fsp3) is 0.333. The number of aryl methyl sites for hydroxylation is 2. The summed E-state index contributed by atoms with van der Waals surface area (Å²) < 4.78 is 1.12. The highest BCUT2D eigenvalue weighted by molar-refractivity contribution is 7.22. The highest BCUT2D eigenvalue weighted by Crippen LogP contribution is 2.29. The van der Waals surface area contributed by atoms with Crippen LogP contribution in [0.25, 0.3) is 10.2 Å². The fourth-order valence-electron chi connectivity index (χ4n) is 3.40. The van der Waals surface area contributed by atoms with Crippen LogP contribution in [0.1, 0.15) is 59.7 Å². The van der Waals surface area contributed by atoms with Crippen LogP contribution in [0.15, 0.2) is 36.4 Å². The number of carbonyl (C=O) groups excluding carboxylic acids is 1. The van der Waals surface area contributed by atoms with Crippen LogP contribution in [0.4, 0.5) is 5.13 Å². The Kier molecular flexibility index (Phi) is 4.30. The third-order valence-electron chi connectivity index (χ3n) is 4.91. The lowest BCUT2D eigenvalue weighted by atomic mass is 9.90. The lowest BCUT2D eigenvalue weighted by Gasteiger charge is -2.16. The number of thiazole rings is 1. The van der Waals surface area contributed by atoms with Crippen LogP contribution >= 0.6 is 11.3 Å². The van der Waals surface area contributed by atoms with Crippen molar-refractivity contribution in [1.82, 2.24) is 4.98 Å². The van der Waals surface area contributed by atoms with Gasteiger partial charge in [-0.05, 0) is 72.6 Å². The molecule has 1 aliphatic carbocycles. The molecule has 25 heavy (non-hydrogen) atoms. The SMILES string of the molecule is CC(C)c1ccc2nc(NC(=O)c3ccc4c(c3)CCCC4)sc2c1. The molecule has 0 aliphatic heterocycles. The lowest BCUT2D eigenvalue weighted by molar-refractivity contribution is 0.102. The van der Waals surface area contributed by atoms with Crippen molar-refractivity contribution in [2.45, 2.75) is 45.4 Å². The van der Waals surface area contributed by atoms with E-state index in [1.807, 2.05) is 18.2 Å². The summed E-state index contributed by atoms with van der Waals surface area (Å²) in [6, 6.07) is 12.4. The average Bonchev–Trinajstić information content (AvgIpc) is 3.02. The van der Waals surface area contributed by atoms with Gasteiger partial charge in [0.2, 0.25) is 0 Å². The number of carbonyl (C=O) groups is 1. The summed E-state index contributed by atoms with van der Waals surface area (Å²) in [7, 11) is 0. The first-order valence-corrected chi connectivity index (χ1v) is 9.75. The Labute approximate surface area is 152 Å². The van der Waals surface area contributed by atoms with Crippen LogP contribution in [-0.4, -0.2) is 10.9 Å². The highest BCUT2D eigenvalue weighted by atomic mass is 32.1. The van der Waals surface area contributed by atoms with E-state index in [4.69, 9.17) is 0 Å². The number of hydrogen-bond acceptors (Lipinski definition) is 3. The van der Waals surface area contributed by atoms with Gasteiger partial charge in [-0.25, -0.2) is 4.98 Å². The quantitative estimate of drug-likeness (QED) is 0.673. The topological polar surface area (TPSA) is 42.0 Å². The van der Waals surface area contributed by atoms with Crippen molar-refractivity contribution in [3.63, 3.8) is 0 Å². The molecule has 4 rings (SSSR count). The smallest absolute Gasteiger partial charge is 0.257 e. The summed E-state index contributed by atoms with van der Waals surface area (Å²) in [6.45, 7) is 4.36. The maximum absolute atomic E-state index is 12.6. The molecule has 0 bridgehead atoms. The van der Waals surface area contributed by atoms with Gasteiger partial charge in [0.05, 0.1) is 10.2 Å². The molecule has 2 aromatic carbocycles. The minimum absolute atomic E-state index is 0.0727. The number of rotatable bonds is 3. The molecule has 1 amide bonds. The zero-order chi connectivity index (χ0) is 17.4. The van der Waals surface area contributed by atoms with E-state index >= 15 is 0 Å². The van der Waals surface area contributed by atoms with E-state index in [9.17, 15) is 4.79 Å². The van der Waals surface area contributed by atoms with Crippen LogP contribution in [0, 0.1) is 0 Å². The molecule has 1 heterocycles. The summed E-state index contributed by atoms with van der Waals surface area (Å²) in [5.41, 5.74) is 5.68. The molecule has 128 valence electrons. The third kappa shape index (κ3) is 3.31. The van der Waals surface area contributed by atoms with E-state index in [1.54, 1.807) is 0 Å². The first-order valence-electron chi connectivity index (χ1n) is 8.94. The van der Waals surface area contributed by atoms with Gasteiger partial charge in [-0.3, -0.25) is 10.1 Å². The molecular formula is C21H22N2OS. The van der Waals surface area contributed by atoms with Crippen LogP contribution in [0.3, 0.4) is 0 Å². The number of anilines is 1. The Morgan fingerprint density at radius 1 is 1.08 bits per heavy atom. The van der Waals surface area contributed by atoms with Gasteiger partial charge in [-0.2, -0.15) is 0 Å². The summed E-state index contributed by atoms with van der Waals surface area (Å²) >= 11 is 1.54. The van der Waals surface area contributed by atoms with E-state index in [-0.39, 0.29) is 5.91 Å². The molecule has 3 nitrogen and oxygen atoms in total. The minimum atomic E-state index is -0.0727. The van der Waals surface area contributed by atoms with Crippen molar-refractivity contribution in [2.24, 2.45) is 0 Å². The second-order valence-electron chi connectivity index (χ2n) is 7.05. The molecule has 0 spiro atoms. The van der Waals surface area contributed by atoms with E-state index in [2.05, 4.69) is 42.3 Å². The average molecular weight is 350 g/mol. The second kappa shape index (κ2) is 6.60. The fourth-order valence-corrected chi connectivity index (χ4v) is 4.31. The van der Waals surface area contributed by atoms with Gasteiger partial charge >= 0.3 is 0 Å². The molecular weight excluding hydrogens is 328 g/mol. The Bertz CT molecular complexity index is 942. The summed E-state index contributed by atoms with van der Waals surface area (Å²) in [5.74, 6) is 0.413. The van der Waals surface area contributed by atoms with E-state index < -0.39 is 0 Å². The normalized spacial score (nSPS) is 13.9. The number of nitrogens with one attached hydrogen (secondary N) is 1. The lowest BCUT2D eigenvalue weighted by Crippen LogP contribution is -2.13. The maximum Gasteiger partial charge on any atom is 0.257 e. The summed E-state index contributed by atoms with van der Waals surface area (Å²) in [5, 5.41) is 3.64. The van der Waals surface area contributed by atoms with Crippen LogP contribution in [0.5, 0.6) is 0 Å². The van der Waals surface area contributed by atoms with Crippen molar-refractivity contribution < 1.29 is 4.79 Å². The molecule has 0 radical (unpaired) electrons. The molecule has 0 saturated carbocycles. The van der Waals surface area contributed by atoms with Crippen LogP contribution in [0.2, 0.25) is 0 Å². The molecule has 0 atom stereocenters. The zero-order valence-electron chi connectivity index (χ0n) is 14.6. The summed E-state index contributed by atoms with van der Waals surface area (Å²) in [6.07, 6.45) is 4.68. The van der Waals surface area contributed by atoms with Gasteiger partial charge in [-0.15, -0.1) is 0 Å². The predicted molar refractivity (Wildman–Crippen MR) is 105 cm³/mol. The molecule has 0 saturated heterocycles. The number of nitrogens with zero attached hydrogens (tertiary/aromatic N) is 1. The Morgan fingerprint density at radius 2 is 1.88 bits per heavy atom. The number of amides is 1.